The number of hydrogen-bond donors (Lipinski definition) is 2. The van der Waals surface area contributed by atoms with Crippen molar-refractivity contribution in [1.82, 2.24) is 19.7 Å². The summed E-state index contributed by atoms with van der Waals surface area (Å²) in [5.74, 6) is -0.144. The summed E-state index contributed by atoms with van der Waals surface area (Å²) >= 11 is 0. The summed E-state index contributed by atoms with van der Waals surface area (Å²) < 4.78 is 43.1. The maximum Gasteiger partial charge on any atom is 0.413 e. The van der Waals surface area contributed by atoms with Crippen LogP contribution in [0.25, 0.3) is 0 Å². The van der Waals surface area contributed by atoms with E-state index in [1.165, 1.54) is 48.5 Å². The molecule has 0 saturated carbocycles. The Balaban J connectivity index is 1.71. The first-order valence-corrected chi connectivity index (χ1v) is 13.5. The number of methoxy groups -OCH3 is 1. The second-order valence-electron chi connectivity index (χ2n) is 8.43. The van der Waals surface area contributed by atoms with Gasteiger partial charge in [-0.15, -0.1) is 0 Å². The number of nitrogens with zero attached hydrogens (tertiary/aromatic N) is 3. The van der Waals surface area contributed by atoms with E-state index in [9.17, 15) is 18.0 Å². The number of amides is 2. The molecule has 2 aromatic rings. The zero-order valence-corrected chi connectivity index (χ0v) is 22.0. The van der Waals surface area contributed by atoms with Crippen LogP contribution in [0.2, 0.25) is 0 Å². The molecule has 2 amide bonds. The quantitative estimate of drug-likeness (QED) is 0.219. The van der Waals surface area contributed by atoms with Crippen molar-refractivity contribution in [3.05, 3.63) is 60.4 Å². The van der Waals surface area contributed by atoms with E-state index in [1.54, 1.807) is 0 Å². The molecule has 38 heavy (non-hydrogen) atoms. The molecule has 0 atom stereocenters. The number of aryl methyl sites for hydroxylation is 2. The molecule has 1 heterocycles. The van der Waals surface area contributed by atoms with Crippen LogP contribution in [0.5, 0.6) is 11.6 Å². The highest BCUT2D eigenvalue weighted by Gasteiger charge is 2.28. The van der Waals surface area contributed by atoms with E-state index in [0.717, 1.165) is 34.7 Å². The van der Waals surface area contributed by atoms with Crippen molar-refractivity contribution in [1.29, 1.82) is 0 Å². The van der Waals surface area contributed by atoms with Crippen molar-refractivity contribution in [3.8, 4) is 11.6 Å². The van der Waals surface area contributed by atoms with Gasteiger partial charge in [0.05, 0.1) is 19.3 Å². The normalized spacial score (nSPS) is 12.9. The van der Waals surface area contributed by atoms with E-state index in [4.69, 9.17) is 19.4 Å². The van der Waals surface area contributed by atoms with E-state index in [2.05, 4.69) is 11.6 Å². The largest absolute Gasteiger partial charge is 0.447 e. The molecule has 0 unspecified atom stereocenters. The van der Waals surface area contributed by atoms with Crippen LogP contribution in [0.4, 0.5) is 4.79 Å². The first-order chi connectivity index (χ1) is 18.3. The van der Waals surface area contributed by atoms with Gasteiger partial charge in [0.2, 0.25) is 15.9 Å². The van der Waals surface area contributed by atoms with Crippen LogP contribution in [-0.2, 0) is 37.1 Å². The first-order valence-electron chi connectivity index (χ1n) is 12.0. The Morgan fingerprint density at radius 3 is 2.55 bits per heavy atom. The number of ether oxygens (including phenoxy) is 3. The second kappa shape index (κ2) is 13.9. The number of hydroxylamine groups is 1. The monoisotopic (exact) mass is 548 g/mol. The van der Waals surface area contributed by atoms with Gasteiger partial charge in [0.1, 0.15) is 17.3 Å². The minimum Gasteiger partial charge on any atom is -0.447 e. The van der Waals surface area contributed by atoms with Crippen molar-refractivity contribution < 1.29 is 37.4 Å². The molecule has 0 fully saturated rings. The van der Waals surface area contributed by atoms with Crippen molar-refractivity contribution >= 4 is 22.0 Å². The summed E-state index contributed by atoms with van der Waals surface area (Å²) in [4.78, 5) is 29.0. The molecule has 0 bridgehead atoms. The van der Waals surface area contributed by atoms with Crippen molar-refractivity contribution in [2.24, 2.45) is 0 Å². The summed E-state index contributed by atoms with van der Waals surface area (Å²) in [5, 5.41) is 8.94. The molecule has 0 radical (unpaired) electrons. The minimum absolute atomic E-state index is 0.000149. The molecule has 1 aromatic heterocycles. The topological polar surface area (TPSA) is 148 Å². The Bertz CT molecular complexity index is 1220. The van der Waals surface area contributed by atoms with Crippen LogP contribution < -0.4 is 10.2 Å². The summed E-state index contributed by atoms with van der Waals surface area (Å²) in [6, 6.07) is 8.59. The average Bonchev–Trinajstić information content (AvgIpc) is 2.93. The number of aromatic nitrogens is 1. The zero-order chi connectivity index (χ0) is 27.5. The molecule has 1 aliphatic rings. The average molecular weight is 549 g/mol. The minimum atomic E-state index is -4.25. The van der Waals surface area contributed by atoms with Gasteiger partial charge in [0.25, 0.3) is 5.91 Å². The maximum atomic E-state index is 13.3. The number of sulfonamides is 1. The third kappa shape index (κ3) is 7.74. The van der Waals surface area contributed by atoms with Crippen molar-refractivity contribution in [2.45, 2.75) is 30.6 Å². The van der Waals surface area contributed by atoms with Crippen molar-refractivity contribution in [3.63, 3.8) is 0 Å². The molecule has 1 aromatic carbocycles. The molecule has 12 nitrogen and oxygen atoms in total. The molecule has 0 spiro atoms. The Labute approximate surface area is 221 Å². The lowest BCUT2D eigenvalue weighted by atomic mass is 9.92. The molecular weight excluding hydrogens is 516 g/mol. The summed E-state index contributed by atoms with van der Waals surface area (Å²) in [7, 11) is -2.79. The highest BCUT2D eigenvalue weighted by Crippen LogP contribution is 2.28. The third-order valence-corrected chi connectivity index (χ3v) is 7.72. The van der Waals surface area contributed by atoms with Gasteiger partial charge in [-0.3, -0.25) is 14.9 Å². The number of fused-ring (bicyclic) bond motifs is 1. The van der Waals surface area contributed by atoms with Crippen LogP contribution in [0, 0.1) is 0 Å². The van der Waals surface area contributed by atoms with Gasteiger partial charge in [-0.1, -0.05) is 12.6 Å². The number of nitrogens with one attached hydrogen (secondary N) is 1. The molecule has 1 aliphatic carbocycles. The van der Waals surface area contributed by atoms with Crippen molar-refractivity contribution in [2.75, 3.05) is 40.0 Å². The zero-order valence-electron chi connectivity index (χ0n) is 21.2. The Kier molecular flexibility index (Phi) is 10.6. The van der Waals surface area contributed by atoms with Crippen LogP contribution in [-0.4, -0.2) is 79.8 Å². The molecular formula is C25H32N4O8S. The highest BCUT2D eigenvalue weighted by atomic mass is 32.2. The number of hydrogen-bond acceptors (Lipinski definition) is 9. The summed E-state index contributed by atoms with van der Waals surface area (Å²) in [5.41, 5.74) is 3.96. The molecule has 206 valence electrons. The maximum absolute atomic E-state index is 13.3. The molecule has 3 rings (SSSR count). The third-order valence-electron chi connectivity index (χ3n) is 5.89. The lowest BCUT2D eigenvalue weighted by Gasteiger charge is -2.24. The fraction of sp³-hybridized carbons (Fsp3) is 0.400. The number of pyridine rings is 1. The van der Waals surface area contributed by atoms with Gasteiger partial charge in [0.15, 0.2) is 0 Å². The van der Waals surface area contributed by atoms with Gasteiger partial charge < -0.3 is 14.2 Å². The van der Waals surface area contributed by atoms with E-state index in [1.807, 2.05) is 18.2 Å². The number of rotatable bonds is 13. The fourth-order valence-electron chi connectivity index (χ4n) is 3.87. The van der Waals surface area contributed by atoms with Gasteiger partial charge in [-0.2, -0.15) is 4.31 Å². The van der Waals surface area contributed by atoms with Crippen LogP contribution in [0.1, 0.15) is 24.0 Å². The number of carbonyl (C=O) groups is 2. The molecule has 0 aliphatic heterocycles. The number of benzene rings is 1. The SMILES string of the molecule is C=CN(CCN(CC(=O)NO)S(=O)(=O)c1ccc(Oc2ccc3c(c2)CCCC3)nc1)C(=O)OCCOC. The Morgan fingerprint density at radius 1 is 1.13 bits per heavy atom. The molecule has 2 N–H and O–H groups in total. The van der Waals surface area contributed by atoms with E-state index >= 15 is 0 Å². The smallest absolute Gasteiger partial charge is 0.413 e. The second-order valence-corrected chi connectivity index (χ2v) is 10.4. The van der Waals surface area contributed by atoms with Gasteiger partial charge >= 0.3 is 6.09 Å². The summed E-state index contributed by atoms with van der Waals surface area (Å²) in [6.07, 6.45) is 5.88. The predicted octanol–water partition coefficient (Wildman–Crippen LogP) is 2.48. The summed E-state index contributed by atoms with van der Waals surface area (Å²) in [6.45, 7) is 2.56. The van der Waals surface area contributed by atoms with E-state index in [-0.39, 0.29) is 37.1 Å². The standard InChI is InChI=1S/C25H32N4O8S/c1-3-28(25(31)36-15-14-35-2)12-13-29(18-23(30)27-32)38(33,34)22-10-11-24(26-17-22)37-21-9-8-19-6-4-5-7-20(19)16-21/h3,8-11,16-17,32H,1,4-7,12-15,18H2,2H3,(H,27,30). The first kappa shape index (κ1) is 29.0. The lowest BCUT2D eigenvalue weighted by Crippen LogP contribution is -2.44. The lowest BCUT2D eigenvalue weighted by molar-refractivity contribution is -0.129. The highest BCUT2D eigenvalue weighted by molar-refractivity contribution is 7.89. The molecule has 13 heteroatoms. The van der Waals surface area contributed by atoms with Gasteiger partial charge in [0, 0.05) is 32.5 Å². The molecule has 0 saturated heterocycles. The number of carbonyl (C=O) groups excluding carboxylic acids is 2. The predicted molar refractivity (Wildman–Crippen MR) is 136 cm³/mol. The van der Waals surface area contributed by atoms with E-state index in [0.29, 0.717) is 5.75 Å². The van der Waals surface area contributed by atoms with E-state index < -0.39 is 28.6 Å². The van der Waals surface area contributed by atoms with Gasteiger partial charge in [-0.25, -0.2) is 23.7 Å². The Hall–Kier alpha value is -3.52. The van der Waals surface area contributed by atoms with Crippen LogP contribution >= 0.6 is 0 Å². The fourth-order valence-corrected chi connectivity index (χ4v) is 5.21. The van der Waals surface area contributed by atoms with Gasteiger partial charge in [-0.05, 0) is 55.0 Å². The Morgan fingerprint density at radius 2 is 1.89 bits per heavy atom. The van der Waals surface area contributed by atoms with Crippen LogP contribution in [0.15, 0.2) is 54.2 Å². The van der Waals surface area contributed by atoms with Crippen LogP contribution in [0.3, 0.4) is 0 Å².